The predicted octanol–water partition coefficient (Wildman–Crippen LogP) is 3.11. The van der Waals surface area contributed by atoms with Crippen molar-refractivity contribution >= 4 is 6.21 Å². The van der Waals surface area contributed by atoms with Gasteiger partial charge in [-0.1, -0.05) is 39.0 Å². The van der Waals surface area contributed by atoms with Crippen LogP contribution in [0, 0.1) is 0 Å². The van der Waals surface area contributed by atoms with Crippen LogP contribution >= 0.6 is 0 Å². The van der Waals surface area contributed by atoms with Crippen molar-refractivity contribution in [2.45, 2.75) is 39.2 Å². The normalized spacial score (nSPS) is 15.4. The Labute approximate surface area is 85.9 Å². The molecule has 1 heteroatoms. The molecule has 14 heavy (non-hydrogen) atoms. The van der Waals surface area contributed by atoms with Gasteiger partial charge in [0.1, 0.15) is 0 Å². The summed E-state index contributed by atoms with van der Waals surface area (Å²) in [6.45, 7) is 7.68. The second-order valence-electron chi connectivity index (χ2n) is 4.92. The maximum absolute atomic E-state index is 4.32. The standard InChI is InChI=1S/C13H17N/c1-13(2,3)12-6-4-5-10-9-14-8-7-11(10)12/h4-6,8H,7,9H2,1-3H3. The first-order valence-corrected chi connectivity index (χ1v) is 5.18. The molecule has 1 aliphatic heterocycles. The lowest BCUT2D eigenvalue weighted by molar-refractivity contribution is 0.583. The van der Waals surface area contributed by atoms with E-state index in [2.05, 4.69) is 44.0 Å². The number of hydrogen-bond acceptors (Lipinski definition) is 1. The molecule has 0 spiro atoms. The molecule has 0 bridgehead atoms. The third-order valence-corrected chi connectivity index (χ3v) is 2.77. The number of hydrogen-bond donors (Lipinski definition) is 0. The molecule has 0 aliphatic carbocycles. The lowest BCUT2D eigenvalue weighted by Crippen LogP contribution is -2.17. The summed E-state index contributed by atoms with van der Waals surface area (Å²) in [6.07, 6.45) is 3.04. The van der Waals surface area contributed by atoms with Crippen LogP contribution in [0.4, 0.5) is 0 Å². The van der Waals surface area contributed by atoms with Gasteiger partial charge < -0.3 is 0 Å². The molecule has 0 amide bonds. The quantitative estimate of drug-likeness (QED) is 0.591. The topological polar surface area (TPSA) is 12.4 Å². The van der Waals surface area contributed by atoms with Crippen LogP contribution in [0.2, 0.25) is 0 Å². The lowest BCUT2D eigenvalue weighted by Gasteiger charge is -2.25. The van der Waals surface area contributed by atoms with Crippen LogP contribution in [0.3, 0.4) is 0 Å². The number of benzene rings is 1. The molecule has 0 radical (unpaired) electrons. The van der Waals surface area contributed by atoms with Crippen molar-refractivity contribution in [2.24, 2.45) is 4.99 Å². The fourth-order valence-corrected chi connectivity index (χ4v) is 2.05. The summed E-state index contributed by atoms with van der Waals surface area (Å²) >= 11 is 0. The highest BCUT2D eigenvalue weighted by Crippen LogP contribution is 2.29. The van der Waals surface area contributed by atoms with E-state index in [-0.39, 0.29) is 5.41 Å². The molecule has 1 aromatic carbocycles. The summed E-state index contributed by atoms with van der Waals surface area (Å²) in [7, 11) is 0. The molecule has 0 saturated heterocycles. The first-order valence-electron chi connectivity index (χ1n) is 5.18. The molecule has 0 atom stereocenters. The van der Waals surface area contributed by atoms with Gasteiger partial charge in [-0.25, -0.2) is 0 Å². The molecule has 0 aromatic heterocycles. The van der Waals surface area contributed by atoms with Crippen LogP contribution in [-0.2, 0) is 18.4 Å². The minimum absolute atomic E-state index is 0.247. The van der Waals surface area contributed by atoms with Gasteiger partial charge in [-0.05, 0) is 22.1 Å². The summed E-state index contributed by atoms with van der Waals surface area (Å²) in [5.41, 5.74) is 4.62. The van der Waals surface area contributed by atoms with Crippen molar-refractivity contribution in [3.63, 3.8) is 0 Å². The molecular weight excluding hydrogens is 170 g/mol. The molecule has 0 fully saturated rings. The molecular formula is C13H17N. The Balaban J connectivity index is 2.54. The Morgan fingerprint density at radius 2 is 2.00 bits per heavy atom. The maximum atomic E-state index is 4.32. The molecule has 0 saturated carbocycles. The van der Waals surface area contributed by atoms with Gasteiger partial charge in [-0.15, -0.1) is 0 Å². The Bertz CT molecular complexity index is 369. The van der Waals surface area contributed by atoms with Gasteiger partial charge >= 0.3 is 0 Å². The smallest absolute Gasteiger partial charge is 0.0638 e. The molecule has 0 unspecified atom stereocenters. The van der Waals surface area contributed by atoms with Crippen LogP contribution in [0.5, 0.6) is 0 Å². The van der Waals surface area contributed by atoms with Gasteiger partial charge in [0.05, 0.1) is 6.54 Å². The molecule has 1 nitrogen and oxygen atoms in total. The van der Waals surface area contributed by atoms with E-state index in [9.17, 15) is 0 Å². The van der Waals surface area contributed by atoms with Crippen molar-refractivity contribution in [3.05, 3.63) is 34.9 Å². The van der Waals surface area contributed by atoms with Crippen molar-refractivity contribution in [1.82, 2.24) is 0 Å². The van der Waals surface area contributed by atoms with Gasteiger partial charge in [0, 0.05) is 12.6 Å². The zero-order chi connectivity index (χ0) is 10.2. The minimum atomic E-state index is 0.247. The Kier molecular flexibility index (Phi) is 2.18. The number of nitrogens with zero attached hydrogens (tertiary/aromatic N) is 1. The molecule has 74 valence electrons. The first-order chi connectivity index (χ1) is 6.59. The predicted molar refractivity (Wildman–Crippen MR) is 61.0 cm³/mol. The SMILES string of the molecule is CC(C)(C)c1cccc2c1CC=NC2. The van der Waals surface area contributed by atoms with Crippen LogP contribution in [0.1, 0.15) is 37.5 Å². The first kappa shape index (κ1) is 9.45. The molecule has 1 aromatic rings. The molecule has 2 rings (SSSR count). The van der Waals surface area contributed by atoms with E-state index in [1.807, 2.05) is 6.21 Å². The monoisotopic (exact) mass is 187 g/mol. The summed E-state index contributed by atoms with van der Waals surface area (Å²) in [5.74, 6) is 0. The fourth-order valence-electron chi connectivity index (χ4n) is 2.05. The fraction of sp³-hybridized carbons (Fsp3) is 0.462. The zero-order valence-corrected chi connectivity index (χ0v) is 9.17. The van der Waals surface area contributed by atoms with E-state index < -0.39 is 0 Å². The number of rotatable bonds is 0. The Morgan fingerprint density at radius 3 is 2.71 bits per heavy atom. The van der Waals surface area contributed by atoms with E-state index in [0.717, 1.165) is 13.0 Å². The third-order valence-electron chi connectivity index (χ3n) is 2.77. The third kappa shape index (κ3) is 1.59. The maximum Gasteiger partial charge on any atom is 0.0638 e. The van der Waals surface area contributed by atoms with Gasteiger partial charge in [0.25, 0.3) is 0 Å². The van der Waals surface area contributed by atoms with Gasteiger partial charge in [-0.2, -0.15) is 0 Å². The van der Waals surface area contributed by atoms with Gasteiger partial charge in [-0.3, -0.25) is 4.99 Å². The number of fused-ring (bicyclic) bond motifs is 1. The zero-order valence-electron chi connectivity index (χ0n) is 9.17. The van der Waals surface area contributed by atoms with Crippen molar-refractivity contribution in [3.8, 4) is 0 Å². The lowest BCUT2D eigenvalue weighted by atomic mass is 9.81. The highest BCUT2D eigenvalue weighted by molar-refractivity contribution is 5.66. The summed E-state index contributed by atoms with van der Waals surface area (Å²) in [6, 6.07) is 6.60. The second-order valence-corrected chi connectivity index (χ2v) is 4.92. The highest BCUT2D eigenvalue weighted by atomic mass is 14.7. The minimum Gasteiger partial charge on any atom is -0.292 e. The van der Waals surface area contributed by atoms with Gasteiger partial charge in [0.15, 0.2) is 0 Å². The van der Waals surface area contributed by atoms with Crippen LogP contribution in [0.25, 0.3) is 0 Å². The largest absolute Gasteiger partial charge is 0.292 e. The van der Waals surface area contributed by atoms with Crippen LogP contribution in [-0.4, -0.2) is 6.21 Å². The number of aliphatic imine (C=N–C) groups is 1. The molecule has 1 aliphatic rings. The van der Waals surface area contributed by atoms with E-state index in [1.165, 1.54) is 16.7 Å². The van der Waals surface area contributed by atoms with E-state index in [1.54, 1.807) is 0 Å². The van der Waals surface area contributed by atoms with Crippen molar-refractivity contribution in [2.75, 3.05) is 0 Å². The average Bonchev–Trinajstić information content (AvgIpc) is 2.15. The average molecular weight is 187 g/mol. The Hall–Kier alpha value is -1.11. The Morgan fingerprint density at radius 1 is 1.21 bits per heavy atom. The van der Waals surface area contributed by atoms with E-state index in [0.29, 0.717) is 0 Å². The summed E-state index contributed by atoms with van der Waals surface area (Å²) < 4.78 is 0. The van der Waals surface area contributed by atoms with Crippen molar-refractivity contribution < 1.29 is 0 Å². The second kappa shape index (κ2) is 3.23. The van der Waals surface area contributed by atoms with E-state index in [4.69, 9.17) is 0 Å². The van der Waals surface area contributed by atoms with E-state index >= 15 is 0 Å². The molecule has 0 N–H and O–H groups in total. The summed E-state index contributed by atoms with van der Waals surface area (Å²) in [4.78, 5) is 4.32. The molecule has 1 heterocycles. The van der Waals surface area contributed by atoms with Crippen molar-refractivity contribution in [1.29, 1.82) is 0 Å². The van der Waals surface area contributed by atoms with Crippen LogP contribution in [0.15, 0.2) is 23.2 Å². The van der Waals surface area contributed by atoms with Gasteiger partial charge in [0.2, 0.25) is 0 Å². The highest BCUT2D eigenvalue weighted by Gasteiger charge is 2.20. The summed E-state index contributed by atoms with van der Waals surface area (Å²) in [5, 5.41) is 0. The van der Waals surface area contributed by atoms with Crippen LogP contribution < -0.4 is 0 Å².